The molecule has 3 rings (SSSR count). The molecule has 0 amide bonds. The molecule has 2 aliphatic carbocycles. The van der Waals surface area contributed by atoms with Crippen molar-refractivity contribution < 1.29 is 0 Å². The Morgan fingerprint density at radius 2 is 1.84 bits per heavy atom. The van der Waals surface area contributed by atoms with Gasteiger partial charge in [0.05, 0.1) is 0 Å². The molecule has 0 radical (unpaired) electrons. The molecular weight excluding hydrogens is 232 g/mol. The number of hydrogen-bond donors (Lipinski definition) is 1. The van der Waals surface area contributed by atoms with E-state index in [2.05, 4.69) is 24.1 Å². The zero-order chi connectivity index (χ0) is 13.3. The molecule has 0 aromatic rings. The van der Waals surface area contributed by atoms with Crippen molar-refractivity contribution in [3.05, 3.63) is 0 Å². The van der Waals surface area contributed by atoms with Gasteiger partial charge in [-0.15, -0.1) is 0 Å². The number of piperazine rings is 1. The average molecular weight is 264 g/mol. The van der Waals surface area contributed by atoms with E-state index in [4.69, 9.17) is 0 Å². The molecule has 1 aliphatic heterocycles. The lowest BCUT2D eigenvalue weighted by Gasteiger charge is -2.52. The average Bonchev–Trinajstić information content (AvgIpc) is 3.11. The van der Waals surface area contributed by atoms with Gasteiger partial charge in [0.1, 0.15) is 0 Å². The third kappa shape index (κ3) is 2.58. The van der Waals surface area contributed by atoms with Gasteiger partial charge in [0.2, 0.25) is 0 Å². The van der Waals surface area contributed by atoms with Gasteiger partial charge in [-0.2, -0.15) is 0 Å². The summed E-state index contributed by atoms with van der Waals surface area (Å²) in [6, 6.07) is 1.64. The minimum absolute atomic E-state index is 0.541. The Labute approximate surface area is 119 Å². The molecule has 19 heavy (non-hydrogen) atoms. The largest absolute Gasteiger partial charge is 0.311 e. The molecule has 110 valence electrons. The molecule has 2 atom stereocenters. The van der Waals surface area contributed by atoms with Crippen molar-refractivity contribution >= 4 is 0 Å². The first-order valence-electron chi connectivity index (χ1n) is 8.75. The Hall–Kier alpha value is -0.0800. The summed E-state index contributed by atoms with van der Waals surface area (Å²) in [4.78, 5) is 2.99. The summed E-state index contributed by atoms with van der Waals surface area (Å²) in [6.45, 7) is 7.35. The second-order valence-electron chi connectivity index (χ2n) is 7.40. The van der Waals surface area contributed by atoms with E-state index in [1.165, 1.54) is 70.9 Å². The fraction of sp³-hybridized carbons (Fsp3) is 1.00. The molecule has 1 N–H and O–H groups in total. The molecule has 1 heterocycles. The summed E-state index contributed by atoms with van der Waals surface area (Å²) in [6.07, 6.45) is 13.0. The van der Waals surface area contributed by atoms with Crippen molar-refractivity contribution in [2.24, 2.45) is 5.92 Å². The molecule has 0 aromatic carbocycles. The fourth-order valence-corrected chi connectivity index (χ4v) is 4.81. The topological polar surface area (TPSA) is 15.3 Å². The van der Waals surface area contributed by atoms with E-state index >= 15 is 0 Å². The van der Waals surface area contributed by atoms with Gasteiger partial charge in [-0.05, 0) is 31.6 Å². The maximum atomic E-state index is 3.91. The SMILES string of the molecule is CCC(C)C1CN(C2CCCC2)C2(CCCC2)CN1. The highest BCUT2D eigenvalue weighted by Crippen LogP contribution is 2.41. The summed E-state index contributed by atoms with van der Waals surface area (Å²) < 4.78 is 0. The maximum absolute atomic E-state index is 3.91. The normalized spacial score (nSPS) is 34.1. The van der Waals surface area contributed by atoms with Crippen LogP contribution in [-0.4, -0.2) is 35.6 Å². The third-order valence-corrected chi connectivity index (χ3v) is 6.33. The van der Waals surface area contributed by atoms with Crippen molar-refractivity contribution in [2.45, 2.75) is 89.3 Å². The van der Waals surface area contributed by atoms with Gasteiger partial charge in [-0.3, -0.25) is 4.90 Å². The van der Waals surface area contributed by atoms with Crippen LogP contribution in [0.25, 0.3) is 0 Å². The molecular formula is C17H32N2. The molecule has 2 heteroatoms. The van der Waals surface area contributed by atoms with Crippen LogP contribution in [0.15, 0.2) is 0 Å². The van der Waals surface area contributed by atoms with Crippen molar-refractivity contribution in [3.63, 3.8) is 0 Å². The molecule has 0 bridgehead atoms. The lowest BCUT2D eigenvalue weighted by Crippen LogP contribution is -2.66. The summed E-state index contributed by atoms with van der Waals surface area (Å²) >= 11 is 0. The van der Waals surface area contributed by atoms with Gasteiger partial charge in [0.15, 0.2) is 0 Å². The molecule has 2 nitrogen and oxygen atoms in total. The lowest BCUT2D eigenvalue weighted by atomic mass is 9.85. The van der Waals surface area contributed by atoms with Crippen molar-refractivity contribution in [2.75, 3.05) is 13.1 Å². The van der Waals surface area contributed by atoms with Crippen molar-refractivity contribution in [1.29, 1.82) is 0 Å². The van der Waals surface area contributed by atoms with Crippen LogP contribution >= 0.6 is 0 Å². The third-order valence-electron chi connectivity index (χ3n) is 6.33. The predicted octanol–water partition coefficient (Wildman–Crippen LogP) is 3.56. The summed E-state index contributed by atoms with van der Waals surface area (Å²) in [5.41, 5.74) is 0.541. The number of hydrogen-bond acceptors (Lipinski definition) is 2. The Bertz CT molecular complexity index is 290. The minimum atomic E-state index is 0.541. The molecule has 1 spiro atoms. The van der Waals surface area contributed by atoms with Gasteiger partial charge >= 0.3 is 0 Å². The highest BCUT2D eigenvalue weighted by Gasteiger charge is 2.46. The second kappa shape index (κ2) is 5.73. The summed E-state index contributed by atoms with van der Waals surface area (Å²) in [5, 5.41) is 3.91. The van der Waals surface area contributed by atoms with Crippen molar-refractivity contribution in [3.8, 4) is 0 Å². The smallest absolute Gasteiger partial charge is 0.0337 e. The number of nitrogens with zero attached hydrogens (tertiary/aromatic N) is 1. The highest BCUT2D eigenvalue weighted by atomic mass is 15.3. The van der Waals surface area contributed by atoms with Crippen LogP contribution in [0.2, 0.25) is 0 Å². The molecule has 3 fully saturated rings. The van der Waals surface area contributed by atoms with E-state index < -0.39 is 0 Å². The van der Waals surface area contributed by atoms with Crippen LogP contribution in [0, 0.1) is 5.92 Å². The predicted molar refractivity (Wildman–Crippen MR) is 81.4 cm³/mol. The number of nitrogens with one attached hydrogen (secondary N) is 1. The Balaban J connectivity index is 1.75. The molecule has 2 unspecified atom stereocenters. The first-order valence-corrected chi connectivity index (χ1v) is 8.75. The molecule has 2 saturated carbocycles. The zero-order valence-electron chi connectivity index (χ0n) is 13.0. The summed E-state index contributed by atoms with van der Waals surface area (Å²) in [5.74, 6) is 0.822. The monoisotopic (exact) mass is 264 g/mol. The fourth-order valence-electron chi connectivity index (χ4n) is 4.81. The van der Waals surface area contributed by atoms with Gasteiger partial charge in [-0.25, -0.2) is 0 Å². The van der Waals surface area contributed by atoms with Crippen LogP contribution in [0.4, 0.5) is 0 Å². The first-order chi connectivity index (χ1) is 9.25. The molecule has 1 saturated heterocycles. The van der Waals surface area contributed by atoms with Gasteiger partial charge < -0.3 is 5.32 Å². The lowest BCUT2D eigenvalue weighted by molar-refractivity contribution is -0.00282. The van der Waals surface area contributed by atoms with Crippen molar-refractivity contribution in [1.82, 2.24) is 10.2 Å². The van der Waals surface area contributed by atoms with E-state index in [0.29, 0.717) is 5.54 Å². The van der Waals surface area contributed by atoms with E-state index in [9.17, 15) is 0 Å². The van der Waals surface area contributed by atoms with E-state index in [0.717, 1.165) is 18.0 Å². The van der Waals surface area contributed by atoms with Crippen LogP contribution in [0.1, 0.15) is 71.6 Å². The van der Waals surface area contributed by atoms with Crippen LogP contribution in [0.5, 0.6) is 0 Å². The van der Waals surface area contributed by atoms with E-state index in [1.54, 1.807) is 0 Å². The van der Waals surface area contributed by atoms with Gasteiger partial charge in [0.25, 0.3) is 0 Å². The van der Waals surface area contributed by atoms with Gasteiger partial charge in [0, 0.05) is 30.7 Å². The van der Waals surface area contributed by atoms with E-state index in [1.807, 2.05) is 0 Å². The second-order valence-corrected chi connectivity index (χ2v) is 7.40. The Kier molecular flexibility index (Phi) is 4.19. The maximum Gasteiger partial charge on any atom is 0.0337 e. The Morgan fingerprint density at radius 1 is 1.16 bits per heavy atom. The minimum Gasteiger partial charge on any atom is -0.311 e. The summed E-state index contributed by atoms with van der Waals surface area (Å²) in [7, 11) is 0. The van der Waals surface area contributed by atoms with Crippen LogP contribution in [-0.2, 0) is 0 Å². The van der Waals surface area contributed by atoms with Crippen LogP contribution < -0.4 is 5.32 Å². The molecule has 0 aromatic heterocycles. The highest BCUT2D eigenvalue weighted by molar-refractivity contribution is 5.05. The molecule has 3 aliphatic rings. The standard InChI is InChI=1S/C17H32N2/c1-3-14(2)16-12-19(15-8-4-5-9-15)17(13-18-16)10-6-7-11-17/h14-16,18H,3-13H2,1-2H3. The van der Waals surface area contributed by atoms with Gasteiger partial charge in [-0.1, -0.05) is 46.0 Å². The number of rotatable bonds is 3. The zero-order valence-corrected chi connectivity index (χ0v) is 13.0. The van der Waals surface area contributed by atoms with Crippen LogP contribution in [0.3, 0.4) is 0 Å². The first kappa shape index (κ1) is 13.9. The van der Waals surface area contributed by atoms with E-state index in [-0.39, 0.29) is 0 Å². The quantitative estimate of drug-likeness (QED) is 0.838. The Morgan fingerprint density at radius 3 is 2.47 bits per heavy atom.